The molecule has 0 saturated carbocycles. The van der Waals surface area contributed by atoms with Gasteiger partial charge in [0, 0.05) is 12.1 Å². The first-order valence-corrected chi connectivity index (χ1v) is 5.29. The third kappa shape index (κ3) is 1.31. The summed E-state index contributed by atoms with van der Waals surface area (Å²) >= 11 is 0. The Hall–Kier alpha value is -1.81. The number of nitrogen functional groups attached to an aromatic ring is 1. The average Bonchev–Trinajstić information content (AvgIpc) is 2.90. The molecule has 0 radical (unpaired) electrons. The van der Waals surface area contributed by atoms with Gasteiger partial charge >= 0.3 is 0 Å². The summed E-state index contributed by atoms with van der Waals surface area (Å²) in [5.74, 6) is -0.157. The number of fused-ring (bicyclic) bond motifs is 2. The lowest BCUT2D eigenvalue weighted by Gasteiger charge is -2.23. The van der Waals surface area contributed by atoms with Gasteiger partial charge in [0.2, 0.25) is 0 Å². The number of benzene rings is 1. The van der Waals surface area contributed by atoms with E-state index in [1.807, 2.05) is 18.2 Å². The molecule has 2 bridgehead atoms. The highest BCUT2D eigenvalue weighted by Gasteiger charge is 2.39. The molecular weight excluding hydrogens is 204 g/mol. The summed E-state index contributed by atoms with van der Waals surface area (Å²) in [6.45, 7) is 0. The Morgan fingerprint density at radius 2 is 2.19 bits per heavy atom. The van der Waals surface area contributed by atoms with E-state index in [0.29, 0.717) is 11.3 Å². The molecule has 1 aliphatic heterocycles. The topological polar surface area (TPSA) is 55.6 Å². The van der Waals surface area contributed by atoms with Gasteiger partial charge in [-0.2, -0.15) is 0 Å². The van der Waals surface area contributed by atoms with Gasteiger partial charge in [-0.3, -0.25) is 9.63 Å². The molecule has 16 heavy (non-hydrogen) atoms. The van der Waals surface area contributed by atoms with E-state index < -0.39 is 0 Å². The van der Waals surface area contributed by atoms with E-state index >= 15 is 0 Å². The molecule has 0 aromatic heterocycles. The minimum Gasteiger partial charge on any atom is -0.398 e. The second kappa shape index (κ2) is 3.35. The van der Waals surface area contributed by atoms with Gasteiger partial charge in [-0.15, -0.1) is 0 Å². The third-order valence-corrected chi connectivity index (χ3v) is 2.96. The normalized spacial score (nSPS) is 26.4. The summed E-state index contributed by atoms with van der Waals surface area (Å²) in [7, 11) is 0. The van der Waals surface area contributed by atoms with Crippen molar-refractivity contribution in [3.8, 4) is 0 Å². The van der Waals surface area contributed by atoms with Crippen molar-refractivity contribution in [2.45, 2.75) is 18.6 Å². The average molecular weight is 216 g/mol. The van der Waals surface area contributed by atoms with Gasteiger partial charge in [-0.05, 0) is 12.1 Å². The summed E-state index contributed by atoms with van der Waals surface area (Å²) < 4.78 is 0. The molecule has 1 aliphatic carbocycles. The molecule has 82 valence electrons. The summed E-state index contributed by atoms with van der Waals surface area (Å²) in [6.07, 6.45) is 4.91. The van der Waals surface area contributed by atoms with Crippen LogP contribution in [0.25, 0.3) is 0 Å². The number of hydrogen-bond donors (Lipinski definition) is 1. The second-order valence-electron chi connectivity index (χ2n) is 4.05. The fraction of sp³-hybridized carbons (Fsp3) is 0.250. The molecule has 2 unspecified atom stereocenters. The highest BCUT2D eigenvalue weighted by atomic mass is 16.7. The van der Waals surface area contributed by atoms with E-state index in [2.05, 4.69) is 0 Å². The number of hydrogen-bond acceptors (Lipinski definition) is 3. The lowest BCUT2D eigenvalue weighted by Crippen LogP contribution is -2.35. The van der Waals surface area contributed by atoms with Crippen molar-refractivity contribution in [3.63, 3.8) is 0 Å². The Labute approximate surface area is 93.2 Å². The molecule has 2 aliphatic rings. The fourth-order valence-electron chi connectivity index (χ4n) is 2.13. The van der Waals surface area contributed by atoms with E-state index in [-0.39, 0.29) is 18.1 Å². The van der Waals surface area contributed by atoms with Crippen LogP contribution in [0.1, 0.15) is 16.8 Å². The highest BCUT2D eigenvalue weighted by Crippen LogP contribution is 2.31. The lowest BCUT2D eigenvalue weighted by atomic mass is 10.1. The maximum absolute atomic E-state index is 12.1. The number of nitrogens with two attached hydrogens (primary N) is 1. The molecule has 1 amide bonds. The zero-order valence-corrected chi connectivity index (χ0v) is 8.67. The minimum atomic E-state index is -0.157. The molecule has 0 spiro atoms. The van der Waals surface area contributed by atoms with E-state index in [0.717, 1.165) is 6.42 Å². The molecule has 2 atom stereocenters. The molecule has 4 heteroatoms. The Morgan fingerprint density at radius 3 is 2.81 bits per heavy atom. The van der Waals surface area contributed by atoms with E-state index in [1.165, 1.54) is 5.06 Å². The van der Waals surface area contributed by atoms with Crippen molar-refractivity contribution in [1.82, 2.24) is 5.06 Å². The predicted molar refractivity (Wildman–Crippen MR) is 59.4 cm³/mol. The maximum atomic E-state index is 12.1. The zero-order valence-electron chi connectivity index (χ0n) is 8.67. The van der Waals surface area contributed by atoms with Crippen molar-refractivity contribution >= 4 is 11.6 Å². The molecule has 1 saturated heterocycles. The molecular formula is C12H12N2O2. The standard InChI is InChI=1S/C12H12N2O2/c13-11-4-2-1-3-10(11)12(15)14-8-5-6-9(7-8)16-14/h1-6,8-9H,7,13H2. The third-order valence-electron chi connectivity index (χ3n) is 2.96. The van der Waals surface area contributed by atoms with Gasteiger partial charge in [-0.1, -0.05) is 24.3 Å². The summed E-state index contributed by atoms with van der Waals surface area (Å²) in [4.78, 5) is 17.6. The van der Waals surface area contributed by atoms with Gasteiger partial charge in [-0.25, -0.2) is 5.06 Å². The van der Waals surface area contributed by atoms with Crippen LogP contribution in [0, 0.1) is 0 Å². The molecule has 4 nitrogen and oxygen atoms in total. The molecule has 1 heterocycles. The monoisotopic (exact) mass is 216 g/mol. The van der Waals surface area contributed by atoms with Crippen LogP contribution in [0.3, 0.4) is 0 Å². The second-order valence-corrected chi connectivity index (χ2v) is 4.05. The van der Waals surface area contributed by atoms with Crippen molar-refractivity contribution in [2.24, 2.45) is 0 Å². The number of nitrogens with zero attached hydrogens (tertiary/aromatic N) is 1. The Morgan fingerprint density at radius 1 is 1.38 bits per heavy atom. The first-order valence-electron chi connectivity index (χ1n) is 5.29. The lowest BCUT2D eigenvalue weighted by molar-refractivity contribution is -0.114. The molecule has 1 fully saturated rings. The zero-order chi connectivity index (χ0) is 11.1. The summed E-state index contributed by atoms with van der Waals surface area (Å²) in [5, 5.41) is 1.43. The fourth-order valence-corrected chi connectivity index (χ4v) is 2.13. The molecule has 2 N–H and O–H groups in total. The van der Waals surface area contributed by atoms with Crippen LogP contribution >= 0.6 is 0 Å². The maximum Gasteiger partial charge on any atom is 0.280 e. The minimum absolute atomic E-state index is 0.0545. The van der Waals surface area contributed by atoms with Crippen molar-refractivity contribution in [3.05, 3.63) is 42.0 Å². The van der Waals surface area contributed by atoms with Crippen LogP contribution in [-0.4, -0.2) is 23.1 Å². The van der Waals surface area contributed by atoms with E-state index in [9.17, 15) is 4.79 Å². The van der Waals surface area contributed by atoms with Crippen LogP contribution in [0.4, 0.5) is 5.69 Å². The number of carbonyl (C=O) groups excluding carboxylic acids is 1. The van der Waals surface area contributed by atoms with Crippen molar-refractivity contribution in [2.75, 3.05) is 5.73 Å². The van der Waals surface area contributed by atoms with Gasteiger partial charge in [0.05, 0.1) is 11.6 Å². The van der Waals surface area contributed by atoms with E-state index in [1.54, 1.807) is 18.2 Å². The molecule has 1 aromatic carbocycles. The van der Waals surface area contributed by atoms with Crippen LogP contribution < -0.4 is 5.73 Å². The Balaban J connectivity index is 1.89. The number of hydroxylamine groups is 2. The van der Waals surface area contributed by atoms with Gasteiger partial charge in [0.1, 0.15) is 6.10 Å². The number of rotatable bonds is 1. The number of anilines is 1. The largest absolute Gasteiger partial charge is 0.398 e. The Bertz CT molecular complexity index is 470. The highest BCUT2D eigenvalue weighted by molar-refractivity contribution is 5.98. The van der Waals surface area contributed by atoms with Gasteiger partial charge in [0.25, 0.3) is 5.91 Å². The number of amides is 1. The van der Waals surface area contributed by atoms with Crippen LogP contribution in [-0.2, 0) is 4.84 Å². The predicted octanol–water partition coefficient (Wildman–Crippen LogP) is 1.35. The number of para-hydroxylation sites is 1. The first-order chi connectivity index (χ1) is 7.75. The smallest absolute Gasteiger partial charge is 0.280 e. The van der Waals surface area contributed by atoms with Crippen molar-refractivity contribution < 1.29 is 9.63 Å². The van der Waals surface area contributed by atoms with Crippen LogP contribution in [0.5, 0.6) is 0 Å². The van der Waals surface area contributed by atoms with Gasteiger partial charge in [0.15, 0.2) is 0 Å². The summed E-state index contributed by atoms with van der Waals surface area (Å²) in [6, 6.07) is 7.11. The van der Waals surface area contributed by atoms with Crippen molar-refractivity contribution in [1.29, 1.82) is 0 Å². The molecule has 3 rings (SSSR count). The Kier molecular flexibility index (Phi) is 1.97. The van der Waals surface area contributed by atoms with Crippen LogP contribution in [0.15, 0.2) is 36.4 Å². The quantitative estimate of drug-likeness (QED) is 0.569. The molecule has 1 aromatic rings. The SMILES string of the molecule is Nc1ccccc1C(=O)N1OC2C=CC1C2. The summed E-state index contributed by atoms with van der Waals surface area (Å²) in [5.41, 5.74) is 6.76. The number of carbonyl (C=O) groups is 1. The van der Waals surface area contributed by atoms with Gasteiger partial charge < -0.3 is 5.73 Å². The first kappa shape index (κ1) is 9.42. The van der Waals surface area contributed by atoms with E-state index in [4.69, 9.17) is 10.6 Å². The van der Waals surface area contributed by atoms with Crippen LogP contribution in [0.2, 0.25) is 0 Å².